The van der Waals surface area contributed by atoms with Gasteiger partial charge in [-0.3, -0.25) is 9.20 Å². The summed E-state index contributed by atoms with van der Waals surface area (Å²) < 4.78 is 1.84. The Morgan fingerprint density at radius 1 is 1.33 bits per heavy atom. The molecule has 0 fully saturated rings. The number of aliphatic hydroxyl groups excluding tert-OH is 1. The smallest absolute Gasteiger partial charge is 0.242 e. The summed E-state index contributed by atoms with van der Waals surface area (Å²) in [6.07, 6.45) is 1.86. The zero-order valence-corrected chi connectivity index (χ0v) is 12.8. The van der Waals surface area contributed by atoms with E-state index >= 15 is 0 Å². The Morgan fingerprint density at radius 3 is 2.67 bits per heavy atom. The SMILES string of the molecule is CCN(CC)C(=O)CN(C)c1nc2ccccn2c1CO. The molecular formula is C15H22N4O2. The van der Waals surface area contributed by atoms with Crippen LogP contribution in [0.1, 0.15) is 19.5 Å². The molecule has 1 amide bonds. The summed E-state index contributed by atoms with van der Waals surface area (Å²) in [5.41, 5.74) is 1.46. The first kappa shape index (κ1) is 15.3. The van der Waals surface area contributed by atoms with Crippen LogP contribution in [0.2, 0.25) is 0 Å². The van der Waals surface area contributed by atoms with E-state index in [1.807, 2.05) is 49.7 Å². The highest BCUT2D eigenvalue weighted by Crippen LogP contribution is 2.20. The molecule has 0 atom stereocenters. The van der Waals surface area contributed by atoms with E-state index in [1.54, 1.807) is 9.80 Å². The van der Waals surface area contributed by atoms with Gasteiger partial charge in [0.05, 0.1) is 18.8 Å². The Kier molecular flexibility index (Phi) is 4.80. The van der Waals surface area contributed by atoms with E-state index in [-0.39, 0.29) is 19.1 Å². The lowest BCUT2D eigenvalue weighted by Gasteiger charge is -2.23. The van der Waals surface area contributed by atoms with Crippen LogP contribution < -0.4 is 4.90 Å². The van der Waals surface area contributed by atoms with Crippen molar-refractivity contribution in [2.24, 2.45) is 0 Å². The van der Waals surface area contributed by atoms with Gasteiger partial charge in [-0.15, -0.1) is 0 Å². The molecule has 2 rings (SSSR count). The van der Waals surface area contributed by atoms with Gasteiger partial charge in [-0.2, -0.15) is 0 Å². The number of pyridine rings is 1. The number of amides is 1. The van der Waals surface area contributed by atoms with Gasteiger partial charge < -0.3 is 14.9 Å². The van der Waals surface area contributed by atoms with Crippen LogP contribution in [0.25, 0.3) is 5.65 Å². The van der Waals surface area contributed by atoms with E-state index < -0.39 is 0 Å². The highest BCUT2D eigenvalue weighted by atomic mass is 16.3. The summed E-state index contributed by atoms with van der Waals surface area (Å²) in [5, 5.41) is 9.61. The largest absolute Gasteiger partial charge is 0.390 e. The van der Waals surface area contributed by atoms with Crippen LogP contribution in [0.4, 0.5) is 5.82 Å². The Morgan fingerprint density at radius 2 is 2.05 bits per heavy atom. The molecule has 0 aromatic carbocycles. The van der Waals surface area contributed by atoms with Gasteiger partial charge in [0.25, 0.3) is 0 Å². The summed E-state index contributed by atoms with van der Waals surface area (Å²) in [6.45, 7) is 5.45. The first-order valence-corrected chi connectivity index (χ1v) is 7.18. The number of aromatic nitrogens is 2. The Balaban J connectivity index is 2.27. The number of rotatable bonds is 6. The van der Waals surface area contributed by atoms with Gasteiger partial charge >= 0.3 is 0 Å². The molecule has 2 aromatic rings. The summed E-state index contributed by atoms with van der Waals surface area (Å²) in [6, 6.07) is 5.66. The van der Waals surface area contributed by atoms with Gasteiger partial charge in [0.1, 0.15) is 5.65 Å². The molecule has 114 valence electrons. The third kappa shape index (κ3) is 3.00. The first-order chi connectivity index (χ1) is 10.1. The number of carbonyl (C=O) groups excluding carboxylic acids is 1. The third-order valence-corrected chi connectivity index (χ3v) is 3.61. The molecule has 0 aliphatic heterocycles. The molecule has 0 radical (unpaired) electrons. The molecule has 0 saturated heterocycles. The van der Waals surface area contributed by atoms with Crippen LogP contribution in [0.3, 0.4) is 0 Å². The van der Waals surface area contributed by atoms with Crippen molar-refractivity contribution in [2.45, 2.75) is 20.5 Å². The van der Waals surface area contributed by atoms with Crippen LogP contribution in [0.5, 0.6) is 0 Å². The third-order valence-electron chi connectivity index (χ3n) is 3.61. The number of anilines is 1. The van der Waals surface area contributed by atoms with Gasteiger partial charge in [-0.25, -0.2) is 4.98 Å². The van der Waals surface area contributed by atoms with Gasteiger partial charge in [-0.05, 0) is 26.0 Å². The first-order valence-electron chi connectivity index (χ1n) is 7.18. The quantitative estimate of drug-likeness (QED) is 0.866. The van der Waals surface area contributed by atoms with Crippen LogP contribution in [0.15, 0.2) is 24.4 Å². The molecule has 1 N–H and O–H groups in total. The topological polar surface area (TPSA) is 61.1 Å². The lowest BCUT2D eigenvalue weighted by Crippen LogP contribution is -2.39. The minimum atomic E-state index is -0.121. The molecule has 0 saturated carbocycles. The van der Waals surface area contributed by atoms with Crippen molar-refractivity contribution < 1.29 is 9.90 Å². The van der Waals surface area contributed by atoms with Crippen LogP contribution in [0, 0.1) is 0 Å². The van der Waals surface area contributed by atoms with Crippen molar-refractivity contribution in [2.75, 3.05) is 31.6 Å². The molecule has 0 aliphatic carbocycles. The second-order valence-electron chi connectivity index (χ2n) is 4.89. The van der Waals surface area contributed by atoms with E-state index in [0.717, 1.165) is 5.65 Å². The molecule has 2 heterocycles. The van der Waals surface area contributed by atoms with E-state index in [9.17, 15) is 9.90 Å². The molecule has 6 heteroatoms. The Hall–Kier alpha value is -2.08. The highest BCUT2D eigenvalue weighted by molar-refractivity contribution is 5.81. The standard InChI is InChI=1S/C15H22N4O2/c1-4-18(5-2)14(21)10-17(3)15-12(11-20)19-9-7-6-8-13(19)16-15/h6-9,20H,4-5,10-11H2,1-3H3. The number of hydrogen-bond acceptors (Lipinski definition) is 4. The monoisotopic (exact) mass is 290 g/mol. The second kappa shape index (κ2) is 6.58. The van der Waals surface area contributed by atoms with Crippen molar-refractivity contribution in [3.63, 3.8) is 0 Å². The lowest BCUT2D eigenvalue weighted by molar-refractivity contribution is -0.129. The molecule has 0 unspecified atom stereocenters. The van der Waals surface area contributed by atoms with E-state index in [0.29, 0.717) is 24.6 Å². The predicted octanol–water partition coefficient (Wildman–Crippen LogP) is 1.13. The summed E-state index contributed by atoms with van der Waals surface area (Å²) in [5.74, 6) is 0.702. The fraction of sp³-hybridized carbons (Fsp3) is 0.467. The highest BCUT2D eigenvalue weighted by Gasteiger charge is 2.18. The normalized spacial score (nSPS) is 10.9. The van der Waals surface area contributed by atoms with E-state index in [2.05, 4.69) is 4.98 Å². The maximum absolute atomic E-state index is 12.2. The van der Waals surface area contributed by atoms with Crippen molar-refractivity contribution in [3.8, 4) is 0 Å². The van der Waals surface area contributed by atoms with E-state index in [4.69, 9.17) is 0 Å². The molecule has 6 nitrogen and oxygen atoms in total. The number of likely N-dealkylation sites (N-methyl/N-ethyl adjacent to an activating group) is 2. The molecule has 0 aliphatic rings. The van der Waals surface area contributed by atoms with Gasteiger partial charge in [0.2, 0.25) is 5.91 Å². The van der Waals surface area contributed by atoms with Gasteiger partial charge in [-0.1, -0.05) is 6.07 Å². The fourth-order valence-electron chi connectivity index (χ4n) is 2.44. The number of fused-ring (bicyclic) bond motifs is 1. The zero-order valence-electron chi connectivity index (χ0n) is 12.8. The van der Waals surface area contributed by atoms with Crippen LogP contribution in [-0.4, -0.2) is 52.0 Å². The van der Waals surface area contributed by atoms with Crippen molar-refractivity contribution >= 4 is 17.4 Å². The molecule has 21 heavy (non-hydrogen) atoms. The van der Waals surface area contributed by atoms with Crippen molar-refractivity contribution in [1.82, 2.24) is 14.3 Å². The maximum atomic E-state index is 12.2. The second-order valence-corrected chi connectivity index (χ2v) is 4.89. The molecule has 2 aromatic heterocycles. The predicted molar refractivity (Wildman–Crippen MR) is 82.3 cm³/mol. The minimum absolute atomic E-state index is 0.0587. The van der Waals surface area contributed by atoms with E-state index in [1.165, 1.54) is 0 Å². The van der Waals surface area contributed by atoms with Crippen LogP contribution >= 0.6 is 0 Å². The number of nitrogens with zero attached hydrogens (tertiary/aromatic N) is 4. The maximum Gasteiger partial charge on any atom is 0.242 e. The zero-order chi connectivity index (χ0) is 15.4. The number of carbonyl (C=O) groups is 1. The van der Waals surface area contributed by atoms with Gasteiger partial charge in [0, 0.05) is 26.3 Å². The number of aliphatic hydroxyl groups is 1. The Bertz CT molecular complexity index is 619. The molecule has 0 spiro atoms. The van der Waals surface area contributed by atoms with Gasteiger partial charge in [0.15, 0.2) is 5.82 Å². The Labute approximate surface area is 124 Å². The molecule has 0 bridgehead atoms. The average Bonchev–Trinajstić information content (AvgIpc) is 2.87. The summed E-state index contributed by atoms with van der Waals surface area (Å²) in [4.78, 5) is 20.3. The fourth-order valence-corrected chi connectivity index (χ4v) is 2.44. The lowest BCUT2D eigenvalue weighted by atomic mass is 10.3. The number of imidazole rings is 1. The number of hydrogen-bond donors (Lipinski definition) is 1. The minimum Gasteiger partial charge on any atom is -0.390 e. The summed E-state index contributed by atoms with van der Waals surface area (Å²) in [7, 11) is 1.82. The van der Waals surface area contributed by atoms with Crippen molar-refractivity contribution in [1.29, 1.82) is 0 Å². The average molecular weight is 290 g/mol. The summed E-state index contributed by atoms with van der Waals surface area (Å²) >= 11 is 0. The van der Waals surface area contributed by atoms with Crippen molar-refractivity contribution in [3.05, 3.63) is 30.1 Å². The molecular weight excluding hydrogens is 268 g/mol. The van der Waals surface area contributed by atoms with Crippen LogP contribution in [-0.2, 0) is 11.4 Å².